The van der Waals surface area contributed by atoms with Crippen LogP contribution in [0.15, 0.2) is 58.3 Å². The Bertz CT molecular complexity index is 856. The molecule has 6 nitrogen and oxygen atoms in total. The topological polar surface area (TPSA) is 101 Å². The first-order valence-corrected chi connectivity index (χ1v) is 8.78. The van der Waals surface area contributed by atoms with E-state index in [1.807, 2.05) is 6.92 Å². The summed E-state index contributed by atoms with van der Waals surface area (Å²) >= 11 is 0. The van der Waals surface area contributed by atoms with Gasteiger partial charge >= 0.3 is 0 Å². The van der Waals surface area contributed by atoms with Crippen LogP contribution in [-0.4, -0.2) is 21.4 Å². The smallest absolute Gasteiger partial charge is 0.282 e. The minimum Gasteiger partial charge on any atom is -0.282 e. The molecule has 21 heavy (non-hydrogen) atoms. The summed E-state index contributed by atoms with van der Waals surface area (Å²) < 4.78 is 58.2. The zero-order valence-electron chi connectivity index (χ0n) is 11.0. The first-order chi connectivity index (χ1) is 9.70. The van der Waals surface area contributed by atoms with Gasteiger partial charge in [0.05, 0.1) is 10.6 Å². The van der Waals surface area contributed by atoms with Gasteiger partial charge in [0.15, 0.2) is 0 Å². The molecule has 0 spiro atoms. The Hall–Kier alpha value is -1.90. The number of nitrogens with one attached hydrogen (secondary N) is 1. The Morgan fingerprint density at radius 3 is 2.05 bits per heavy atom. The second kappa shape index (κ2) is 5.47. The zero-order valence-corrected chi connectivity index (χ0v) is 12.6. The maximum atomic E-state index is 12.2. The van der Waals surface area contributed by atoms with Crippen LogP contribution in [-0.2, 0) is 20.1 Å². The summed E-state index contributed by atoms with van der Waals surface area (Å²) in [5.74, 6) is 0. The van der Waals surface area contributed by atoms with Crippen molar-refractivity contribution in [3.8, 4) is 0 Å². The average Bonchev–Trinajstić information content (AvgIpc) is 2.38. The van der Waals surface area contributed by atoms with Gasteiger partial charge in [0.25, 0.3) is 20.1 Å². The third-order valence-electron chi connectivity index (χ3n) is 2.74. The first-order valence-electron chi connectivity index (χ1n) is 5.86. The van der Waals surface area contributed by atoms with E-state index < -0.39 is 25.0 Å². The summed E-state index contributed by atoms with van der Waals surface area (Å²) in [6.07, 6.45) is 0. The van der Waals surface area contributed by atoms with E-state index in [9.17, 15) is 16.8 Å². The molecule has 0 saturated carbocycles. The maximum Gasteiger partial charge on any atom is 0.296 e. The fourth-order valence-electron chi connectivity index (χ4n) is 1.70. The number of hydrogen-bond acceptors (Lipinski definition) is 4. The second-order valence-corrected chi connectivity index (χ2v) is 7.46. The van der Waals surface area contributed by atoms with Crippen molar-refractivity contribution < 1.29 is 21.4 Å². The van der Waals surface area contributed by atoms with Crippen LogP contribution in [0.2, 0.25) is 0 Å². The molecule has 2 aromatic rings. The molecule has 0 heterocycles. The monoisotopic (exact) mass is 327 g/mol. The third kappa shape index (κ3) is 3.60. The quantitative estimate of drug-likeness (QED) is 0.837. The van der Waals surface area contributed by atoms with Crippen LogP contribution in [0.5, 0.6) is 0 Å². The summed E-state index contributed by atoms with van der Waals surface area (Å²) in [6.45, 7) is 1.82. The number of rotatable bonds is 4. The minimum atomic E-state index is -4.52. The largest absolute Gasteiger partial charge is 0.296 e. The van der Waals surface area contributed by atoms with Crippen molar-refractivity contribution in [2.45, 2.75) is 16.7 Å². The predicted molar refractivity (Wildman–Crippen MR) is 78.2 cm³/mol. The lowest BCUT2D eigenvalue weighted by atomic mass is 10.2. The summed E-state index contributed by atoms with van der Waals surface area (Å²) in [5.41, 5.74) is 0.688. The Kier molecular flexibility index (Phi) is 4.04. The first kappa shape index (κ1) is 15.5. The molecular weight excluding hydrogens is 314 g/mol. The highest BCUT2D eigenvalue weighted by atomic mass is 32.2. The predicted octanol–water partition coefficient (Wildman–Crippen LogP) is 2.04. The van der Waals surface area contributed by atoms with Crippen molar-refractivity contribution in [3.05, 3.63) is 54.1 Å². The molecule has 0 aliphatic heterocycles. The molecule has 0 aliphatic rings. The van der Waals surface area contributed by atoms with Gasteiger partial charge in [-0.25, -0.2) is 8.42 Å². The summed E-state index contributed by atoms with van der Waals surface area (Å²) in [5, 5.41) is 0. The number of hydrogen-bond donors (Lipinski definition) is 2. The zero-order chi connectivity index (χ0) is 15.7. The van der Waals surface area contributed by atoms with Crippen LogP contribution >= 0.6 is 0 Å². The Labute approximate surface area is 123 Å². The van der Waals surface area contributed by atoms with Gasteiger partial charge in [0.2, 0.25) is 0 Å². The van der Waals surface area contributed by atoms with E-state index in [1.165, 1.54) is 30.3 Å². The SMILES string of the molecule is Cc1ccc(S(=O)(=O)Nc2ccccc2S(=O)(=O)O)cc1. The van der Waals surface area contributed by atoms with Gasteiger partial charge in [-0.15, -0.1) is 0 Å². The molecule has 2 N–H and O–H groups in total. The molecule has 0 unspecified atom stereocenters. The number of para-hydroxylation sites is 1. The molecule has 0 amide bonds. The normalized spacial score (nSPS) is 12.1. The van der Waals surface area contributed by atoms with Crippen molar-refractivity contribution in [1.29, 1.82) is 0 Å². The summed E-state index contributed by atoms with van der Waals surface area (Å²) in [6, 6.07) is 11.3. The summed E-state index contributed by atoms with van der Waals surface area (Å²) in [4.78, 5) is -0.501. The second-order valence-electron chi connectivity index (χ2n) is 4.39. The lowest BCUT2D eigenvalue weighted by Crippen LogP contribution is -2.15. The number of anilines is 1. The number of aryl methyl sites for hydroxylation is 1. The van der Waals surface area contributed by atoms with Crippen LogP contribution in [0.1, 0.15) is 5.56 Å². The molecule has 2 aromatic carbocycles. The Morgan fingerprint density at radius 2 is 1.48 bits per heavy atom. The van der Waals surface area contributed by atoms with E-state index in [0.717, 1.165) is 11.6 Å². The van der Waals surface area contributed by atoms with Gasteiger partial charge in [-0.1, -0.05) is 29.8 Å². The highest BCUT2D eigenvalue weighted by molar-refractivity contribution is 7.93. The van der Waals surface area contributed by atoms with E-state index in [0.29, 0.717) is 0 Å². The number of benzene rings is 2. The molecular formula is C13H13NO5S2. The number of sulfonamides is 1. The Morgan fingerprint density at radius 1 is 0.905 bits per heavy atom. The fourth-order valence-corrected chi connectivity index (χ4v) is 3.49. The lowest BCUT2D eigenvalue weighted by Gasteiger charge is -2.11. The van der Waals surface area contributed by atoms with E-state index in [1.54, 1.807) is 12.1 Å². The van der Waals surface area contributed by atoms with Gasteiger partial charge < -0.3 is 0 Å². The van der Waals surface area contributed by atoms with Gasteiger partial charge in [0, 0.05) is 0 Å². The molecule has 0 radical (unpaired) electrons. The van der Waals surface area contributed by atoms with Crippen molar-refractivity contribution in [3.63, 3.8) is 0 Å². The van der Waals surface area contributed by atoms with E-state index in [-0.39, 0.29) is 10.6 Å². The highest BCUT2D eigenvalue weighted by Gasteiger charge is 2.20. The molecule has 0 aromatic heterocycles. The van der Waals surface area contributed by atoms with Crippen molar-refractivity contribution in [2.75, 3.05) is 4.72 Å². The molecule has 0 saturated heterocycles. The molecule has 0 fully saturated rings. The average molecular weight is 327 g/mol. The van der Waals surface area contributed by atoms with Crippen LogP contribution in [0, 0.1) is 6.92 Å². The Balaban J connectivity index is 2.45. The minimum absolute atomic E-state index is 0.00163. The molecule has 2 rings (SSSR count). The van der Waals surface area contributed by atoms with Crippen LogP contribution in [0.3, 0.4) is 0 Å². The lowest BCUT2D eigenvalue weighted by molar-refractivity contribution is 0.483. The van der Waals surface area contributed by atoms with Gasteiger partial charge in [-0.2, -0.15) is 8.42 Å². The molecule has 0 atom stereocenters. The molecule has 112 valence electrons. The van der Waals surface area contributed by atoms with Gasteiger partial charge in [-0.3, -0.25) is 9.27 Å². The van der Waals surface area contributed by atoms with E-state index >= 15 is 0 Å². The molecule has 8 heteroatoms. The molecule has 0 aliphatic carbocycles. The van der Waals surface area contributed by atoms with Gasteiger partial charge in [0.1, 0.15) is 4.90 Å². The van der Waals surface area contributed by atoms with Crippen LogP contribution < -0.4 is 4.72 Å². The van der Waals surface area contributed by atoms with Crippen LogP contribution in [0.25, 0.3) is 0 Å². The maximum absolute atomic E-state index is 12.2. The standard InChI is InChI=1S/C13H13NO5S2/c1-10-6-8-11(9-7-10)20(15,16)14-12-4-2-3-5-13(12)21(17,18)19/h2-9,14H,1H3,(H,17,18,19). The molecule has 0 bridgehead atoms. The highest BCUT2D eigenvalue weighted by Crippen LogP contribution is 2.23. The van der Waals surface area contributed by atoms with Crippen molar-refractivity contribution >= 4 is 25.8 Å². The van der Waals surface area contributed by atoms with Gasteiger partial charge in [-0.05, 0) is 31.2 Å². The van der Waals surface area contributed by atoms with E-state index in [4.69, 9.17) is 4.55 Å². The van der Waals surface area contributed by atoms with Crippen LogP contribution in [0.4, 0.5) is 5.69 Å². The fraction of sp³-hybridized carbons (Fsp3) is 0.0769. The van der Waals surface area contributed by atoms with Crippen molar-refractivity contribution in [1.82, 2.24) is 0 Å². The van der Waals surface area contributed by atoms with E-state index in [2.05, 4.69) is 4.72 Å². The summed E-state index contributed by atoms with van der Waals surface area (Å²) in [7, 11) is -8.46. The van der Waals surface area contributed by atoms with Crippen molar-refractivity contribution in [2.24, 2.45) is 0 Å². The third-order valence-corrected chi connectivity index (χ3v) is 5.03.